The number of unbranched alkanes of at least 4 members (excludes halogenated alkanes) is 1. The standard InChI is InChI=1S/C22H26N2.C4H10.C2H4/c1-6-22(4,5)19-13-8-7-12-18(19)21-23-14-15-24(21)20-16(2)10-9-11-17(20)3;1-3-4-2;1-2/h7-15H,6H2,1-5H3;3-4H2,1-2H3;1-2H2. The molecule has 0 saturated carbocycles. The largest absolute Gasteiger partial charge is 0.299 e. The fourth-order valence-corrected chi connectivity index (χ4v) is 3.33. The lowest BCUT2D eigenvalue weighted by molar-refractivity contribution is 0.507. The molecule has 3 rings (SSSR count). The van der Waals surface area contributed by atoms with Gasteiger partial charge in [0, 0.05) is 18.0 Å². The van der Waals surface area contributed by atoms with Gasteiger partial charge < -0.3 is 0 Å². The summed E-state index contributed by atoms with van der Waals surface area (Å²) in [7, 11) is 0. The Morgan fingerprint density at radius 2 is 1.43 bits per heavy atom. The van der Waals surface area contributed by atoms with E-state index in [0.29, 0.717) is 0 Å². The van der Waals surface area contributed by atoms with Gasteiger partial charge in [0.2, 0.25) is 0 Å². The van der Waals surface area contributed by atoms with Crippen LogP contribution < -0.4 is 0 Å². The highest BCUT2D eigenvalue weighted by molar-refractivity contribution is 5.66. The average Bonchev–Trinajstić information content (AvgIpc) is 3.24. The van der Waals surface area contributed by atoms with E-state index >= 15 is 0 Å². The lowest BCUT2D eigenvalue weighted by Crippen LogP contribution is -2.17. The van der Waals surface area contributed by atoms with Crippen molar-refractivity contribution in [3.63, 3.8) is 0 Å². The van der Waals surface area contributed by atoms with E-state index in [1.165, 1.54) is 40.8 Å². The Balaban J connectivity index is 0.000000673. The van der Waals surface area contributed by atoms with Crippen LogP contribution in [0.15, 0.2) is 68.0 Å². The highest BCUT2D eigenvalue weighted by Crippen LogP contribution is 2.36. The van der Waals surface area contributed by atoms with Crippen LogP contribution in [0.25, 0.3) is 17.1 Å². The summed E-state index contributed by atoms with van der Waals surface area (Å²) >= 11 is 0. The summed E-state index contributed by atoms with van der Waals surface area (Å²) < 4.78 is 2.23. The second-order valence-electron chi connectivity index (χ2n) is 8.14. The zero-order valence-corrected chi connectivity index (χ0v) is 20.1. The third-order valence-electron chi connectivity index (χ3n) is 5.60. The molecule has 0 aliphatic carbocycles. The third kappa shape index (κ3) is 5.95. The molecular weight excluding hydrogens is 364 g/mol. The third-order valence-corrected chi connectivity index (χ3v) is 5.60. The number of para-hydroxylation sites is 1. The Kier molecular flexibility index (Phi) is 10.3. The second kappa shape index (κ2) is 12.2. The highest BCUT2D eigenvalue weighted by Gasteiger charge is 2.24. The van der Waals surface area contributed by atoms with Crippen molar-refractivity contribution >= 4 is 0 Å². The lowest BCUT2D eigenvalue weighted by Gasteiger charge is -2.26. The van der Waals surface area contributed by atoms with Crippen molar-refractivity contribution in [3.8, 4) is 17.1 Å². The minimum atomic E-state index is 0.119. The predicted molar refractivity (Wildman–Crippen MR) is 134 cm³/mol. The van der Waals surface area contributed by atoms with Crippen molar-refractivity contribution in [2.45, 2.75) is 73.1 Å². The van der Waals surface area contributed by atoms with Crippen LogP contribution >= 0.6 is 0 Å². The fourth-order valence-electron chi connectivity index (χ4n) is 3.33. The number of benzene rings is 2. The van der Waals surface area contributed by atoms with Gasteiger partial charge in [-0.15, -0.1) is 13.2 Å². The fraction of sp³-hybridized carbons (Fsp3) is 0.393. The van der Waals surface area contributed by atoms with Crippen LogP contribution in [0, 0.1) is 13.8 Å². The molecule has 0 bridgehead atoms. The monoisotopic (exact) mass is 404 g/mol. The van der Waals surface area contributed by atoms with E-state index in [1.54, 1.807) is 0 Å². The molecule has 0 saturated heterocycles. The van der Waals surface area contributed by atoms with E-state index in [9.17, 15) is 0 Å². The SMILES string of the molecule is C=C.CCC(C)(C)c1ccccc1-c1nccn1-c1c(C)cccc1C.CCCC. The molecule has 30 heavy (non-hydrogen) atoms. The summed E-state index contributed by atoms with van der Waals surface area (Å²) in [5.74, 6) is 1.02. The van der Waals surface area contributed by atoms with E-state index < -0.39 is 0 Å². The van der Waals surface area contributed by atoms with Crippen molar-refractivity contribution in [2.24, 2.45) is 0 Å². The van der Waals surface area contributed by atoms with Crippen molar-refractivity contribution in [1.82, 2.24) is 9.55 Å². The molecule has 0 unspecified atom stereocenters. The van der Waals surface area contributed by atoms with Crippen molar-refractivity contribution in [2.75, 3.05) is 0 Å². The molecule has 2 aromatic carbocycles. The molecule has 1 aromatic heterocycles. The van der Waals surface area contributed by atoms with Crippen molar-refractivity contribution in [1.29, 1.82) is 0 Å². The zero-order chi connectivity index (χ0) is 22.7. The summed E-state index contributed by atoms with van der Waals surface area (Å²) in [4.78, 5) is 4.72. The normalized spacial score (nSPS) is 10.5. The molecule has 2 nitrogen and oxygen atoms in total. The quantitative estimate of drug-likeness (QED) is 0.390. The maximum atomic E-state index is 4.72. The summed E-state index contributed by atoms with van der Waals surface area (Å²) in [6.45, 7) is 21.5. The first kappa shape index (κ1) is 25.4. The van der Waals surface area contributed by atoms with Gasteiger partial charge in [-0.3, -0.25) is 4.57 Å². The summed E-state index contributed by atoms with van der Waals surface area (Å²) in [6, 6.07) is 15.1. The Morgan fingerprint density at radius 1 is 0.867 bits per heavy atom. The molecule has 0 amide bonds. The van der Waals surface area contributed by atoms with E-state index in [1.807, 2.05) is 6.20 Å². The van der Waals surface area contributed by atoms with Crippen molar-refractivity contribution in [3.05, 3.63) is 84.7 Å². The van der Waals surface area contributed by atoms with Gasteiger partial charge in [-0.2, -0.15) is 0 Å². The van der Waals surface area contributed by atoms with Crippen LogP contribution in [-0.4, -0.2) is 9.55 Å². The summed E-state index contributed by atoms with van der Waals surface area (Å²) in [5, 5.41) is 0. The molecule has 0 radical (unpaired) electrons. The predicted octanol–water partition coefficient (Wildman–Crippen LogP) is 8.45. The first-order valence-electron chi connectivity index (χ1n) is 11.1. The molecular formula is C28H40N2. The van der Waals surface area contributed by atoms with Crippen LogP contribution in [-0.2, 0) is 5.41 Å². The van der Waals surface area contributed by atoms with Gasteiger partial charge in [-0.25, -0.2) is 4.98 Å². The summed E-state index contributed by atoms with van der Waals surface area (Å²) in [6.07, 6.45) is 7.70. The molecule has 1 heterocycles. The second-order valence-corrected chi connectivity index (χ2v) is 8.14. The van der Waals surface area contributed by atoms with Crippen molar-refractivity contribution < 1.29 is 0 Å². The first-order valence-corrected chi connectivity index (χ1v) is 11.1. The number of aryl methyl sites for hydroxylation is 2. The van der Waals surface area contributed by atoms with E-state index in [-0.39, 0.29) is 5.41 Å². The smallest absolute Gasteiger partial charge is 0.144 e. The molecule has 2 heteroatoms. The van der Waals surface area contributed by atoms with E-state index in [2.05, 4.69) is 115 Å². The Morgan fingerprint density at radius 3 is 1.97 bits per heavy atom. The Bertz CT molecular complexity index is 880. The first-order chi connectivity index (χ1) is 14.4. The van der Waals surface area contributed by atoms with Gasteiger partial charge in [0.15, 0.2) is 0 Å². The number of rotatable bonds is 5. The van der Waals surface area contributed by atoms with E-state index in [0.717, 1.165) is 12.2 Å². The minimum Gasteiger partial charge on any atom is -0.299 e. The number of aromatic nitrogens is 2. The average molecular weight is 405 g/mol. The Hall–Kier alpha value is -2.61. The van der Waals surface area contributed by atoms with Gasteiger partial charge in [0.25, 0.3) is 0 Å². The van der Waals surface area contributed by atoms with Gasteiger partial charge in [0.1, 0.15) is 5.82 Å². The van der Waals surface area contributed by atoms with Gasteiger partial charge in [0.05, 0.1) is 5.69 Å². The zero-order valence-electron chi connectivity index (χ0n) is 20.1. The number of hydrogen-bond donors (Lipinski definition) is 0. The summed E-state index contributed by atoms with van der Waals surface area (Å²) in [5.41, 5.74) is 6.45. The van der Waals surface area contributed by atoms with Gasteiger partial charge in [-0.05, 0) is 42.4 Å². The number of imidazole rings is 1. The molecule has 0 N–H and O–H groups in total. The lowest BCUT2D eigenvalue weighted by atomic mass is 9.79. The van der Waals surface area contributed by atoms with Crippen LogP contribution in [0.1, 0.15) is 70.6 Å². The number of nitrogens with zero attached hydrogens (tertiary/aromatic N) is 2. The Labute approximate surface area is 184 Å². The van der Waals surface area contributed by atoms with Crippen LogP contribution in [0.3, 0.4) is 0 Å². The maximum absolute atomic E-state index is 4.72. The van der Waals surface area contributed by atoms with Crippen LogP contribution in [0.4, 0.5) is 0 Å². The molecule has 0 spiro atoms. The maximum Gasteiger partial charge on any atom is 0.144 e. The van der Waals surface area contributed by atoms with Crippen LogP contribution in [0.5, 0.6) is 0 Å². The van der Waals surface area contributed by atoms with Crippen LogP contribution in [0.2, 0.25) is 0 Å². The molecule has 0 fully saturated rings. The minimum absolute atomic E-state index is 0.119. The van der Waals surface area contributed by atoms with Gasteiger partial charge >= 0.3 is 0 Å². The number of hydrogen-bond acceptors (Lipinski definition) is 1. The molecule has 162 valence electrons. The molecule has 0 aliphatic rings. The molecule has 0 aliphatic heterocycles. The topological polar surface area (TPSA) is 17.8 Å². The highest BCUT2D eigenvalue weighted by atomic mass is 15.1. The van der Waals surface area contributed by atoms with Gasteiger partial charge in [-0.1, -0.05) is 89.9 Å². The molecule has 3 aromatic rings. The van der Waals surface area contributed by atoms with E-state index in [4.69, 9.17) is 4.98 Å². The molecule has 0 atom stereocenters.